The summed E-state index contributed by atoms with van der Waals surface area (Å²) in [5.74, 6) is -1.18. The Kier molecular flexibility index (Phi) is 8.02. The lowest BCUT2D eigenvalue weighted by Gasteiger charge is -2.19. The predicted octanol–water partition coefficient (Wildman–Crippen LogP) is -1.70. The van der Waals surface area contributed by atoms with Crippen LogP contribution < -0.4 is 27.8 Å². The molecular weight excluding hydrogens is 250 g/mol. The average molecular weight is 273 g/mol. The Bertz CT molecular complexity index is 328. The van der Waals surface area contributed by atoms with E-state index in [1.165, 1.54) is 0 Å². The van der Waals surface area contributed by atoms with E-state index in [0.717, 1.165) is 0 Å². The smallest absolute Gasteiger partial charge is 0.320 e. The zero-order valence-electron chi connectivity index (χ0n) is 11.0. The number of rotatable bonds is 9. The van der Waals surface area contributed by atoms with Gasteiger partial charge in [-0.3, -0.25) is 15.5 Å². The van der Waals surface area contributed by atoms with Gasteiger partial charge in [0.25, 0.3) is 0 Å². The highest BCUT2D eigenvalue weighted by molar-refractivity contribution is 5.76. The number of carboxylic acid groups (broad SMARTS) is 1. The van der Waals surface area contributed by atoms with Gasteiger partial charge in [0.1, 0.15) is 12.2 Å². The maximum Gasteiger partial charge on any atom is 0.320 e. The Hall–Kier alpha value is -2.03. The van der Waals surface area contributed by atoms with E-state index in [1.807, 2.05) is 6.92 Å². The van der Waals surface area contributed by atoms with Gasteiger partial charge in [0, 0.05) is 6.54 Å². The summed E-state index contributed by atoms with van der Waals surface area (Å²) >= 11 is 0. The molecule has 0 aliphatic heterocycles. The summed E-state index contributed by atoms with van der Waals surface area (Å²) in [6, 6.07) is -0.748. The number of guanidine groups is 2. The lowest BCUT2D eigenvalue weighted by Crippen LogP contribution is -2.44. The van der Waals surface area contributed by atoms with Crippen LogP contribution in [0.1, 0.15) is 26.2 Å². The van der Waals surface area contributed by atoms with E-state index >= 15 is 0 Å². The minimum atomic E-state index is -0.966. The van der Waals surface area contributed by atoms with Crippen LogP contribution in [0.25, 0.3) is 0 Å². The van der Waals surface area contributed by atoms with Crippen LogP contribution in [0.5, 0.6) is 0 Å². The topological polar surface area (TPSA) is 176 Å². The zero-order chi connectivity index (χ0) is 14.8. The molecule has 110 valence electrons. The maximum atomic E-state index is 11.1. The highest BCUT2D eigenvalue weighted by Crippen LogP contribution is 2.02. The van der Waals surface area contributed by atoms with Crippen LogP contribution in [0, 0.1) is 5.41 Å². The normalized spacial score (nSPS) is 13.3. The third-order valence-corrected chi connectivity index (χ3v) is 2.37. The summed E-state index contributed by atoms with van der Waals surface area (Å²) in [5, 5.41) is 21.5. The van der Waals surface area contributed by atoms with Crippen molar-refractivity contribution in [3.05, 3.63) is 0 Å². The van der Waals surface area contributed by atoms with Gasteiger partial charge in [-0.1, -0.05) is 6.92 Å². The summed E-state index contributed by atoms with van der Waals surface area (Å²) in [5.41, 5.74) is 15.7. The van der Waals surface area contributed by atoms with Crippen LogP contribution >= 0.6 is 0 Å². The number of nitrogens with zero attached hydrogens (tertiary/aromatic N) is 1. The number of aliphatic imine (C=N–C) groups is 1. The van der Waals surface area contributed by atoms with E-state index in [9.17, 15) is 4.79 Å². The monoisotopic (exact) mass is 273 g/mol. The van der Waals surface area contributed by atoms with Crippen molar-refractivity contribution in [2.24, 2.45) is 22.2 Å². The van der Waals surface area contributed by atoms with Crippen molar-refractivity contribution in [1.82, 2.24) is 10.6 Å². The van der Waals surface area contributed by atoms with Crippen LogP contribution in [0.15, 0.2) is 4.99 Å². The number of hydrogen-bond acceptors (Lipinski definition) is 4. The van der Waals surface area contributed by atoms with Gasteiger partial charge < -0.3 is 27.6 Å². The van der Waals surface area contributed by atoms with Crippen molar-refractivity contribution in [2.75, 3.05) is 6.54 Å². The van der Waals surface area contributed by atoms with E-state index in [1.54, 1.807) is 0 Å². The minimum Gasteiger partial charge on any atom is -0.480 e. The fourth-order valence-corrected chi connectivity index (χ4v) is 1.47. The molecule has 0 fully saturated rings. The van der Waals surface area contributed by atoms with E-state index in [4.69, 9.17) is 27.7 Å². The SMILES string of the molecule is CCC(N=C(N)N)N[C@@H](CCCNC(=N)N)C(=O)O. The molecular formula is C10H23N7O2. The predicted molar refractivity (Wildman–Crippen MR) is 73.6 cm³/mol. The standard InChI is InChI=1S/C10H23N7O2/c1-2-7(17-10(13)14)16-6(8(18)19)4-3-5-15-9(11)12/h6-7,16H,2-5H2,1H3,(H,18,19)(H4,11,12,15)(H4,13,14,17)/t6-,7?/m0/s1. The van der Waals surface area contributed by atoms with Crippen LogP contribution in [0.4, 0.5) is 0 Å². The Morgan fingerprint density at radius 3 is 2.47 bits per heavy atom. The maximum absolute atomic E-state index is 11.1. The van der Waals surface area contributed by atoms with Gasteiger partial charge in [-0.05, 0) is 19.3 Å². The molecule has 0 aliphatic rings. The van der Waals surface area contributed by atoms with Gasteiger partial charge in [-0.15, -0.1) is 0 Å². The molecule has 0 rings (SSSR count). The molecule has 19 heavy (non-hydrogen) atoms. The molecule has 10 N–H and O–H groups in total. The molecule has 0 amide bonds. The van der Waals surface area contributed by atoms with Gasteiger partial charge in [-0.2, -0.15) is 0 Å². The van der Waals surface area contributed by atoms with Crippen molar-refractivity contribution in [1.29, 1.82) is 5.41 Å². The first-order valence-electron chi connectivity index (χ1n) is 6.02. The summed E-state index contributed by atoms with van der Waals surface area (Å²) in [6.07, 6.45) is 1.09. The van der Waals surface area contributed by atoms with E-state index < -0.39 is 18.2 Å². The first kappa shape index (κ1) is 17.0. The average Bonchev–Trinajstić information content (AvgIpc) is 2.30. The Morgan fingerprint density at radius 1 is 1.42 bits per heavy atom. The highest BCUT2D eigenvalue weighted by atomic mass is 16.4. The first-order valence-corrected chi connectivity index (χ1v) is 6.02. The van der Waals surface area contributed by atoms with Gasteiger partial charge in [0.2, 0.25) is 0 Å². The van der Waals surface area contributed by atoms with Crippen LogP contribution in [0.3, 0.4) is 0 Å². The van der Waals surface area contributed by atoms with Crippen LogP contribution in [-0.2, 0) is 4.79 Å². The van der Waals surface area contributed by atoms with Gasteiger partial charge in [-0.25, -0.2) is 4.99 Å². The second-order valence-corrected chi connectivity index (χ2v) is 4.02. The van der Waals surface area contributed by atoms with E-state index in [-0.39, 0.29) is 11.9 Å². The number of hydrogen-bond donors (Lipinski definition) is 7. The lowest BCUT2D eigenvalue weighted by atomic mass is 10.1. The van der Waals surface area contributed by atoms with Gasteiger partial charge in [0.05, 0.1) is 0 Å². The molecule has 0 aromatic rings. The van der Waals surface area contributed by atoms with Crippen molar-refractivity contribution < 1.29 is 9.90 Å². The molecule has 0 saturated carbocycles. The number of nitrogens with one attached hydrogen (secondary N) is 3. The largest absolute Gasteiger partial charge is 0.480 e. The quantitative estimate of drug-likeness (QED) is 0.149. The molecule has 0 aliphatic carbocycles. The highest BCUT2D eigenvalue weighted by Gasteiger charge is 2.19. The third kappa shape index (κ3) is 8.66. The molecule has 0 radical (unpaired) electrons. The molecule has 0 aromatic carbocycles. The number of carboxylic acids is 1. The van der Waals surface area contributed by atoms with Crippen LogP contribution in [0.2, 0.25) is 0 Å². The van der Waals surface area contributed by atoms with Crippen LogP contribution in [-0.4, -0.2) is 41.7 Å². The second kappa shape index (κ2) is 8.97. The molecule has 9 nitrogen and oxygen atoms in total. The molecule has 1 unspecified atom stereocenters. The number of aliphatic carboxylic acids is 1. The molecule has 0 aromatic heterocycles. The summed E-state index contributed by atoms with van der Waals surface area (Å²) in [6.45, 7) is 2.29. The lowest BCUT2D eigenvalue weighted by molar-refractivity contribution is -0.139. The summed E-state index contributed by atoms with van der Waals surface area (Å²) in [4.78, 5) is 15.0. The molecule has 0 saturated heterocycles. The Labute approximate surface area is 112 Å². The zero-order valence-corrected chi connectivity index (χ0v) is 11.0. The summed E-state index contributed by atoms with van der Waals surface area (Å²) in [7, 11) is 0. The van der Waals surface area contributed by atoms with Crippen molar-refractivity contribution in [3.63, 3.8) is 0 Å². The fourth-order valence-electron chi connectivity index (χ4n) is 1.47. The van der Waals surface area contributed by atoms with Crippen molar-refractivity contribution in [2.45, 2.75) is 38.4 Å². The van der Waals surface area contributed by atoms with Gasteiger partial charge in [0.15, 0.2) is 11.9 Å². The van der Waals surface area contributed by atoms with Crippen molar-refractivity contribution >= 4 is 17.9 Å². The fraction of sp³-hybridized carbons (Fsp3) is 0.700. The molecule has 2 atom stereocenters. The Balaban J connectivity index is 4.28. The molecule has 0 bridgehead atoms. The first-order chi connectivity index (χ1) is 8.86. The second-order valence-electron chi connectivity index (χ2n) is 4.02. The third-order valence-electron chi connectivity index (χ3n) is 2.37. The number of nitrogens with two attached hydrogens (primary N) is 3. The van der Waals surface area contributed by atoms with E-state index in [0.29, 0.717) is 25.8 Å². The minimum absolute atomic E-state index is 0.0817. The molecule has 9 heteroatoms. The molecule has 0 spiro atoms. The van der Waals surface area contributed by atoms with Crippen molar-refractivity contribution in [3.8, 4) is 0 Å². The van der Waals surface area contributed by atoms with Gasteiger partial charge >= 0.3 is 5.97 Å². The molecule has 0 heterocycles. The summed E-state index contributed by atoms with van der Waals surface area (Å²) < 4.78 is 0. The number of carbonyl (C=O) groups is 1. The Morgan fingerprint density at radius 2 is 2.05 bits per heavy atom. The van der Waals surface area contributed by atoms with E-state index in [2.05, 4.69) is 15.6 Å².